The summed E-state index contributed by atoms with van der Waals surface area (Å²) in [6.45, 7) is 2.60. The van der Waals surface area contributed by atoms with Crippen LogP contribution in [-0.2, 0) is 4.74 Å². The Morgan fingerprint density at radius 2 is 2.44 bits per heavy atom. The van der Waals surface area contributed by atoms with Crippen molar-refractivity contribution in [1.29, 1.82) is 0 Å². The van der Waals surface area contributed by atoms with E-state index in [1.807, 2.05) is 6.92 Å². The first-order valence-electron chi connectivity index (χ1n) is 5.66. The lowest BCUT2D eigenvalue weighted by Gasteiger charge is -2.16. The number of pyridine rings is 1. The van der Waals surface area contributed by atoms with Gasteiger partial charge in [-0.25, -0.2) is 10.8 Å². The highest BCUT2D eigenvalue weighted by atomic mass is 35.5. The summed E-state index contributed by atoms with van der Waals surface area (Å²) in [6.07, 6.45) is 2.27. The maximum Gasteiger partial charge on any atom is 0.253 e. The zero-order valence-corrected chi connectivity index (χ0v) is 10.7. The topological polar surface area (TPSA) is 89.3 Å². The van der Waals surface area contributed by atoms with Crippen molar-refractivity contribution in [2.75, 3.05) is 12.0 Å². The van der Waals surface area contributed by atoms with E-state index in [0.717, 1.165) is 6.42 Å². The summed E-state index contributed by atoms with van der Waals surface area (Å²) in [5.41, 5.74) is 2.75. The molecule has 0 bridgehead atoms. The largest absolute Gasteiger partial charge is 0.376 e. The number of nitrogens with two attached hydrogens (primary N) is 1. The van der Waals surface area contributed by atoms with E-state index in [4.69, 9.17) is 22.2 Å². The molecule has 0 saturated carbocycles. The molecular weight excluding hydrogens is 256 g/mol. The van der Waals surface area contributed by atoms with Crippen LogP contribution >= 0.6 is 11.6 Å². The third-order valence-corrected chi connectivity index (χ3v) is 3.22. The minimum absolute atomic E-state index is 0.0300. The molecule has 2 atom stereocenters. The van der Waals surface area contributed by atoms with Gasteiger partial charge in [0.2, 0.25) is 0 Å². The molecule has 18 heavy (non-hydrogen) atoms. The fourth-order valence-electron chi connectivity index (χ4n) is 1.84. The Bertz CT molecular complexity index is 455. The second-order valence-corrected chi connectivity index (χ2v) is 4.55. The molecule has 1 aromatic heterocycles. The Hall–Kier alpha value is -1.37. The summed E-state index contributed by atoms with van der Waals surface area (Å²) in [5, 5.41) is 3.20. The number of hydrogen-bond acceptors (Lipinski definition) is 5. The Morgan fingerprint density at radius 1 is 1.67 bits per heavy atom. The van der Waals surface area contributed by atoms with E-state index >= 15 is 0 Å². The summed E-state index contributed by atoms with van der Waals surface area (Å²) in [6, 6.07) is 1.56. The number of ether oxygens (including phenoxy) is 1. The van der Waals surface area contributed by atoms with E-state index in [1.165, 1.54) is 12.3 Å². The quantitative estimate of drug-likeness (QED) is 0.562. The van der Waals surface area contributed by atoms with Crippen LogP contribution in [-0.4, -0.2) is 29.6 Å². The molecule has 4 N–H and O–H groups in total. The Balaban J connectivity index is 2.07. The van der Waals surface area contributed by atoms with E-state index in [1.54, 1.807) is 0 Å². The van der Waals surface area contributed by atoms with E-state index < -0.39 is 0 Å². The Kier molecular flexibility index (Phi) is 4.00. The number of carbonyl (C=O) groups is 1. The van der Waals surface area contributed by atoms with E-state index in [0.29, 0.717) is 23.0 Å². The van der Waals surface area contributed by atoms with Crippen LogP contribution in [0.1, 0.15) is 23.7 Å². The van der Waals surface area contributed by atoms with Crippen LogP contribution in [0, 0.1) is 0 Å². The molecule has 1 saturated heterocycles. The highest BCUT2D eigenvalue weighted by molar-refractivity contribution is 6.33. The van der Waals surface area contributed by atoms with Crippen LogP contribution < -0.4 is 16.6 Å². The summed E-state index contributed by atoms with van der Waals surface area (Å²) in [5.74, 6) is 5.34. The van der Waals surface area contributed by atoms with Crippen molar-refractivity contribution in [2.24, 2.45) is 5.84 Å². The third-order valence-electron chi connectivity index (χ3n) is 2.93. The number of amides is 1. The minimum atomic E-state index is -0.213. The number of nitrogens with one attached hydrogen (secondary N) is 2. The van der Waals surface area contributed by atoms with E-state index in [-0.39, 0.29) is 18.1 Å². The summed E-state index contributed by atoms with van der Waals surface area (Å²) >= 11 is 5.91. The zero-order valence-electron chi connectivity index (χ0n) is 9.94. The lowest BCUT2D eigenvalue weighted by atomic mass is 10.1. The molecule has 1 aliphatic rings. The average Bonchev–Trinajstić information content (AvgIpc) is 2.75. The number of halogens is 1. The van der Waals surface area contributed by atoms with Gasteiger partial charge in [0.15, 0.2) is 5.82 Å². The van der Waals surface area contributed by atoms with Crippen LogP contribution in [0.15, 0.2) is 12.3 Å². The monoisotopic (exact) mass is 270 g/mol. The predicted octanol–water partition coefficient (Wildman–Crippen LogP) is 0.928. The van der Waals surface area contributed by atoms with Crippen molar-refractivity contribution in [1.82, 2.24) is 10.3 Å². The molecule has 0 aromatic carbocycles. The highest BCUT2D eigenvalue weighted by Crippen LogP contribution is 2.19. The van der Waals surface area contributed by atoms with Gasteiger partial charge in [0, 0.05) is 12.8 Å². The van der Waals surface area contributed by atoms with Gasteiger partial charge in [-0.3, -0.25) is 4.79 Å². The van der Waals surface area contributed by atoms with Crippen molar-refractivity contribution in [3.63, 3.8) is 0 Å². The second-order valence-electron chi connectivity index (χ2n) is 4.14. The lowest BCUT2D eigenvalue weighted by molar-refractivity contribution is 0.0866. The summed E-state index contributed by atoms with van der Waals surface area (Å²) < 4.78 is 5.38. The molecule has 0 aliphatic carbocycles. The molecule has 1 aromatic rings. The van der Waals surface area contributed by atoms with Gasteiger partial charge in [-0.05, 0) is 19.4 Å². The van der Waals surface area contributed by atoms with Crippen LogP contribution in [0.25, 0.3) is 0 Å². The number of carbonyl (C=O) groups excluding carboxylic acids is 1. The molecule has 2 unspecified atom stereocenters. The predicted molar refractivity (Wildman–Crippen MR) is 68.3 cm³/mol. The fourth-order valence-corrected chi connectivity index (χ4v) is 2.06. The number of nitrogen functional groups attached to an aromatic ring is 1. The van der Waals surface area contributed by atoms with Gasteiger partial charge < -0.3 is 15.5 Å². The van der Waals surface area contributed by atoms with Crippen LogP contribution in [0.4, 0.5) is 5.82 Å². The van der Waals surface area contributed by atoms with Gasteiger partial charge in [0.1, 0.15) is 0 Å². The maximum absolute atomic E-state index is 12.0. The lowest BCUT2D eigenvalue weighted by Crippen LogP contribution is -2.39. The number of aromatic nitrogens is 1. The normalized spacial score (nSPS) is 22.8. The zero-order chi connectivity index (χ0) is 13.1. The average molecular weight is 271 g/mol. The van der Waals surface area contributed by atoms with Crippen LogP contribution in [0.3, 0.4) is 0 Å². The van der Waals surface area contributed by atoms with E-state index in [9.17, 15) is 4.79 Å². The molecular formula is C11H15ClN4O2. The van der Waals surface area contributed by atoms with Gasteiger partial charge in [-0.2, -0.15) is 0 Å². The standard InChI is InChI=1S/C11H15ClN4O2/c1-6-9(2-3-18-6)15-11(17)7-4-8(12)10(16-13)14-5-7/h4-6,9H,2-3,13H2,1H3,(H,14,16)(H,15,17). The number of hydrogen-bond donors (Lipinski definition) is 3. The SMILES string of the molecule is CC1OCCC1NC(=O)c1cnc(NN)c(Cl)c1. The van der Waals surface area contributed by atoms with Gasteiger partial charge in [0.25, 0.3) is 5.91 Å². The van der Waals surface area contributed by atoms with Gasteiger partial charge in [0.05, 0.1) is 22.7 Å². The molecule has 1 fully saturated rings. The molecule has 2 heterocycles. The number of hydrazine groups is 1. The summed E-state index contributed by atoms with van der Waals surface area (Å²) in [7, 11) is 0. The number of nitrogens with zero attached hydrogens (tertiary/aromatic N) is 1. The molecule has 1 amide bonds. The van der Waals surface area contributed by atoms with Crippen molar-refractivity contribution < 1.29 is 9.53 Å². The molecule has 2 rings (SSSR count). The van der Waals surface area contributed by atoms with Gasteiger partial charge in [-0.15, -0.1) is 0 Å². The molecule has 0 spiro atoms. The molecule has 7 heteroatoms. The molecule has 98 valence electrons. The third kappa shape index (κ3) is 2.72. The highest BCUT2D eigenvalue weighted by Gasteiger charge is 2.26. The van der Waals surface area contributed by atoms with Crippen molar-refractivity contribution in [2.45, 2.75) is 25.5 Å². The van der Waals surface area contributed by atoms with E-state index in [2.05, 4.69) is 15.7 Å². The van der Waals surface area contributed by atoms with Crippen LogP contribution in [0.5, 0.6) is 0 Å². The molecule has 1 aliphatic heterocycles. The smallest absolute Gasteiger partial charge is 0.253 e. The Labute approximate surface area is 110 Å². The second kappa shape index (κ2) is 5.51. The minimum Gasteiger partial charge on any atom is -0.376 e. The van der Waals surface area contributed by atoms with Gasteiger partial charge in [-0.1, -0.05) is 11.6 Å². The van der Waals surface area contributed by atoms with Gasteiger partial charge >= 0.3 is 0 Å². The van der Waals surface area contributed by atoms with Crippen molar-refractivity contribution in [3.05, 3.63) is 22.8 Å². The van der Waals surface area contributed by atoms with Crippen LogP contribution in [0.2, 0.25) is 5.02 Å². The maximum atomic E-state index is 12.0. The number of anilines is 1. The molecule has 0 radical (unpaired) electrons. The van der Waals surface area contributed by atoms with Crippen molar-refractivity contribution >= 4 is 23.3 Å². The van der Waals surface area contributed by atoms with Crippen molar-refractivity contribution in [3.8, 4) is 0 Å². The first kappa shape index (κ1) is 13.1. The number of rotatable bonds is 3. The first-order valence-corrected chi connectivity index (χ1v) is 6.04. The first-order chi connectivity index (χ1) is 8.61. The molecule has 6 nitrogen and oxygen atoms in total. The Morgan fingerprint density at radius 3 is 3.00 bits per heavy atom. The summed E-state index contributed by atoms with van der Waals surface area (Å²) in [4.78, 5) is 15.9. The fraction of sp³-hybridized carbons (Fsp3) is 0.455.